The zero-order valence-corrected chi connectivity index (χ0v) is 18.8. The molecule has 0 aliphatic heterocycles. The molecule has 0 bridgehead atoms. The van der Waals surface area contributed by atoms with E-state index in [4.69, 9.17) is 10.9 Å². The topological polar surface area (TPSA) is 139 Å². The van der Waals surface area contributed by atoms with Gasteiger partial charge in [0.25, 0.3) is 5.91 Å². The van der Waals surface area contributed by atoms with Crippen LogP contribution in [0.25, 0.3) is 5.57 Å². The van der Waals surface area contributed by atoms with Crippen molar-refractivity contribution in [2.45, 2.75) is 46.1 Å². The molecule has 10 heteroatoms. The Morgan fingerprint density at radius 2 is 2.17 bits per heavy atom. The van der Waals surface area contributed by atoms with E-state index in [1.807, 2.05) is 12.1 Å². The number of allylic oxidation sites excluding steroid dienone is 1. The molecule has 30 heavy (non-hydrogen) atoms. The van der Waals surface area contributed by atoms with Crippen LogP contribution in [-0.4, -0.2) is 30.5 Å². The minimum absolute atomic E-state index is 0.00230. The maximum atomic E-state index is 12.0. The molecule has 0 radical (unpaired) electrons. The quantitative estimate of drug-likeness (QED) is 0.212. The van der Waals surface area contributed by atoms with Crippen molar-refractivity contribution in [2.75, 3.05) is 23.9 Å². The van der Waals surface area contributed by atoms with Crippen LogP contribution in [0, 0.1) is 10.3 Å². The number of hydrogen-bond acceptors (Lipinski definition) is 8. The standard InChI is InChI=1S/C20H31N7O2S/c1-20(2,3)12-23-17-10-9-16(25-18(17)27(4)26-29)13-5-7-14(8-6-13)24-19(28)15(21)11-30-22/h5,9-11,14,23H,6-8,12,21-22H2,1-4H3,(H,24,28)/b15-11-. The molecule has 9 nitrogen and oxygen atoms in total. The van der Waals surface area contributed by atoms with E-state index in [0.717, 1.165) is 48.3 Å². The van der Waals surface area contributed by atoms with Gasteiger partial charge in [0.15, 0.2) is 5.82 Å². The van der Waals surface area contributed by atoms with Crippen LogP contribution < -0.4 is 26.5 Å². The number of anilines is 2. The Hall–Kier alpha value is -2.59. The molecule has 1 heterocycles. The number of nitrogens with two attached hydrogens (primary N) is 2. The van der Waals surface area contributed by atoms with Gasteiger partial charge in [0, 0.05) is 25.0 Å². The molecule has 0 fully saturated rings. The average Bonchev–Trinajstić information content (AvgIpc) is 2.71. The maximum absolute atomic E-state index is 12.0. The number of carbonyl (C=O) groups is 1. The van der Waals surface area contributed by atoms with Gasteiger partial charge in [-0.2, -0.15) is 0 Å². The third-order valence-corrected chi connectivity index (χ3v) is 5.04. The first kappa shape index (κ1) is 23.7. The fourth-order valence-electron chi connectivity index (χ4n) is 3.00. The van der Waals surface area contributed by atoms with Crippen molar-refractivity contribution in [1.82, 2.24) is 10.3 Å². The number of carbonyl (C=O) groups excluding carboxylic acids is 1. The Labute approximate surface area is 181 Å². The van der Waals surface area contributed by atoms with E-state index in [9.17, 15) is 9.70 Å². The molecule has 0 aromatic carbocycles. The van der Waals surface area contributed by atoms with Gasteiger partial charge < -0.3 is 16.4 Å². The molecule has 1 aromatic rings. The van der Waals surface area contributed by atoms with Crippen molar-refractivity contribution >= 4 is 34.9 Å². The highest BCUT2D eigenvalue weighted by Crippen LogP contribution is 2.31. The summed E-state index contributed by atoms with van der Waals surface area (Å²) < 4.78 is 0. The first-order chi connectivity index (χ1) is 14.1. The lowest BCUT2D eigenvalue weighted by molar-refractivity contribution is -0.118. The Morgan fingerprint density at radius 3 is 2.73 bits per heavy atom. The van der Waals surface area contributed by atoms with Crippen molar-refractivity contribution in [1.29, 1.82) is 0 Å². The molecule has 1 atom stereocenters. The van der Waals surface area contributed by atoms with E-state index < -0.39 is 0 Å². The Kier molecular flexibility index (Phi) is 8.24. The molecule has 1 aliphatic carbocycles. The number of aromatic nitrogens is 1. The molecule has 0 saturated heterocycles. The molecule has 6 N–H and O–H groups in total. The SMILES string of the molecule is CN(N=O)c1nc(C2=CCC(NC(=O)/C(N)=C/SN)CC2)ccc1NCC(C)(C)C. The minimum Gasteiger partial charge on any atom is -0.394 e. The van der Waals surface area contributed by atoms with Crippen LogP contribution in [0.5, 0.6) is 0 Å². The molecule has 1 aromatic heterocycles. The van der Waals surface area contributed by atoms with Crippen LogP contribution in [-0.2, 0) is 4.79 Å². The summed E-state index contributed by atoms with van der Waals surface area (Å²) in [4.78, 5) is 27.8. The Balaban J connectivity index is 2.14. The highest BCUT2D eigenvalue weighted by Gasteiger charge is 2.21. The number of nitroso groups, excluding NO2 is 1. The van der Waals surface area contributed by atoms with E-state index in [0.29, 0.717) is 12.2 Å². The summed E-state index contributed by atoms with van der Waals surface area (Å²) in [5, 5.41) is 17.2. The van der Waals surface area contributed by atoms with Crippen LogP contribution >= 0.6 is 11.9 Å². The number of amides is 1. The second-order valence-electron chi connectivity index (χ2n) is 8.47. The molecule has 0 saturated carbocycles. The summed E-state index contributed by atoms with van der Waals surface area (Å²) in [6.45, 7) is 7.12. The van der Waals surface area contributed by atoms with Gasteiger partial charge in [-0.15, -0.1) is 4.91 Å². The van der Waals surface area contributed by atoms with E-state index in [2.05, 4.69) is 47.8 Å². The normalized spacial score (nSPS) is 17.2. The summed E-state index contributed by atoms with van der Waals surface area (Å²) in [6, 6.07) is 3.87. The summed E-state index contributed by atoms with van der Waals surface area (Å²) >= 11 is 0.902. The van der Waals surface area contributed by atoms with Crippen LogP contribution in [0.4, 0.5) is 11.5 Å². The number of nitrogens with zero attached hydrogens (tertiary/aromatic N) is 3. The van der Waals surface area contributed by atoms with Gasteiger partial charge in [0.2, 0.25) is 0 Å². The van der Waals surface area contributed by atoms with Crippen LogP contribution in [0.15, 0.2) is 34.6 Å². The van der Waals surface area contributed by atoms with Crippen molar-refractivity contribution in [3.8, 4) is 0 Å². The lowest BCUT2D eigenvalue weighted by Gasteiger charge is -2.24. The van der Waals surface area contributed by atoms with Crippen molar-refractivity contribution in [2.24, 2.45) is 21.6 Å². The lowest BCUT2D eigenvalue weighted by Crippen LogP contribution is -2.38. The summed E-state index contributed by atoms with van der Waals surface area (Å²) in [7, 11) is 1.58. The number of nitrogens with one attached hydrogen (secondary N) is 2. The van der Waals surface area contributed by atoms with Crippen LogP contribution in [0.2, 0.25) is 0 Å². The molecule has 0 spiro atoms. The predicted molar refractivity (Wildman–Crippen MR) is 124 cm³/mol. The maximum Gasteiger partial charge on any atom is 0.267 e. The molecule has 2 rings (SSSR count). The molecule has 164 valence electrons. The van der Waals surface area contributed by atoms with Gasteiger partial charge in [-0.25, -0.2) is 9.99 Å². The molecule has 1 amide bonds. The van der Waals surface area contributed by atoms with E-state index in [1.165, 1.54) is 10.4 Å². The second-order valence-corrected chi connectivity index (χ2v) is 8.98. The smallest absolute Gasteiger partial charge is 0.267 e. The first-order valence-electron chi connectivity index (χ1n) is 9.78. The summed E-state index contributed by atoms with van der Waals surface area (Å²) in [6.07, 6.45) is 4.25. The third-order valence-electron chi connectivity index (χ3n) is 4.65. The largest absolute Gasteiger partial charge is 0.394 e. The minimum atomic E-state index is -0.317. The van der Waals surface area contributed by atoms with Gasteiger partial charge >= 0.3 is 0 Å². The first-order valence-corrected chi connectivity index (χ1v) is 10.7. The van der Waals surface area contributed by atoms with Gasteiger partial charge in [0.1, 0.15) is 5.70 Å². The van der Waals surface area contributed by atoms with Crippen LogP contribution in [0.1, 0.15) is 45.7 Å². The van der Waals surface area contributed by atoms with E-state index >= 15 is 0 Å². The second kappa shape index (κ2) is 10.4. The molecule has 1 aliphatic rings. The molecular weight excluding hydrogens is 402 g/mol. The van der Waals surface area contributed by atoms with Crippen molar-refractivity contribution < 1.29 is 4.79 Å². The third kappa shape index (κ3) is 6.74. The zero-order chi connectivity index (χ0) is 22.3. The fraction of sp³-hybridized carbons (Fsp3) is 0.500. The predicted octanol–water partition coefficient (Wildman–Crippen LogP) is 3.12. The average molecular weight is 434 g/mol. The fourth-order valence-corrected chi connectivity index (χ4v) is 3.26. The van der Waals surface area contributed by atoms with Crippen molar-refractivity contribution in [3.63, 3.8) is 0 Å². The van der Waals surface area contributed by atoms with Gasteiger partial charge in [-0.05, 0) is 42.4 Å². The van der Waals surface area contributed by atoms with E-state index in [-0.39, 0.29) is 23.1 Å². The van der Waals surface area contributed by atoms with Gasteiger partial charge in [0.05, 0.1) is 16.7 Å². The van der Waals surface area contributed by atoms with Crippen molar-refractivity contribution in [3.05, 3.63) is 39.9 Å². The lowest BCUT2D eigenvalue weighted by atomic mass is 9.92. The Morgan fingerprint density at radius 1 is 1.43 bits per heavy atom. The van der Waals surface area contributed by atoms with Crippen LogP contribution in [0.3, 0.4) is 0 Å². The monoisotopic (exact) mass is 433 g/mol. The van der Waals surface area contributed by atoms with Gasteiger partial charge in [-0.1, -0.05) is 38.8 Å². The Bertz CT molecular complexity index is 833. The summed E-state index contributed by atoms with van der Waals surface area (Å²) in [5.41, 5.74) is 8.48. The molecule has 1 unspecified atom stereocenters. The summed E-state index contributed by atoms with van der Waals surface area (Å²) in [5.74, 6) is 0.170. The van der Waals surface area contributed by atoms with Gasteiger partial charge in [-0.3, -0.25) is 9.93 Å². The number of rotatable bonds is 8. The zero-order valence-electron chi connectivity index (χ0n) is 17.9. The highest BCUT2D eigenvalue weighted by atomic mass is 32.2. The number of hydrogen-bond donors (Lipinski definition) is 4. The van der Waals surface area contributed by atoms with E-state index in [1.54, 1.807) is 7.05 Å². The number of pyridine rings is 1. The molecular formula is C20H31N7O2S. The highest BCUT2D eigenvalue weighted by molar-refractivity contribution is 8.00.